The van der Waals surface area contributed by atoms with Crippen molar-refractivity contribution in [3.05, 3.63) is 109 Å². The number of aldehydes is 1. The monoisotopic (exact) mass is 454 g/mol. The molecular formula is C29H24F2N2O. The maximum atomic E-state index is 14.0. The summed E-state index contributed by atoms with van der Waals surface area (Å²) < 4.78 is 27.8. The van der Waals surface area contributed by atoms with E-state index < -0.39 is 18.4 Å². The summed E-state index contributed by atoms with van der Waals surface area (Å²) in [5.74, 6) is 0. The Kier molecular flexibility index (Phi) is 6.09. The van der Waals surface area contributed by atoms with Crippen LogP contribution in [-0.4, -0.2) is 31.2 Å². The van der Waals surface area contributed by atoms with Crippen LogP contribution in [0.15, 0.2) is 109 Å². The number of nitrogens with zero attached hydrogens (tertiary/aromatic N) is 2. The molecule has 0 radical (unpaired) electrons. The van der Waals surface area contributed by atoms with E-state index in [9.17, 15) is 13.6 Å². The van der Waals surface area contributed by atoms with Crippen molar-refractivity contribution in [2.45, 2.75) is 18.4 Å². The van der Waals surface area contributed by atoms with Gasteiger partial charge in [-0.25, -0.2) is 8.78 Å². The molecule has 4 aromatic carbocycles. The van der Waals surface area contributed by atoms with Crippen molar-refractivity contribution in [2.24, 2.45) is 0 Å². The summed E-state index contributed by atoms with van der Waals surface area (Å²) >= 11 is 0. The molecule has 1 aliphatic heterocycles. The second-order valence-electron chi connectivity index (χ2n) is 8.34. The fourth-order valence-corrected chi connectivity index (χ4v) is 4.47. The van der Waals surface area contributed by atoms with Gasteiger partial charge in [-0.15, -0.1) is 0 Å². The summed E-state index contributed by atoms with van der Waals surface area (Å²) in [6.07, 6.45) is -2.95. The zero-order valence-corrected chi connectivity index (χ0v) is 18.5. The average molecular weight is 455 g/mol. The molecule has 0 amide bonds. The third-order valence-electron chi connectivity index (χ3n) is 6.23. The first-order valence-corrected chi connectivity index (χ1v) is 11.3. The number of carbonyl (C=O) groups is 1. The van der Waals surface area contributed by atoms with Crippen molar-refractivity contribution in [2.75, 3.05) is 16.3 Å². The van der Waals surface area contributed by atoms with Gasteiger partial charge < -0.3 is 14.6 Å². The van der Waals surface area contributed by atoms with E-state index in [0.717, 1.165) is 28.2 Å². The van der Waals surface area contributed by atoms with Crippen LogP contribution in [0.3, 0.4) is 0 Å². The first-order valence-electron chi connectivity index (χ1n) is 11.3. The number of alkyl halides is 2. The highest BCUT2D eigenvalue weighted by atomic mass is 19.2. The van der Waals surface area contributed by atoms with Gasteiger partial charge in [0.2, 0.25) is 0 Å². The highest BCUT2D eigenvalue weighted by Crippen LogP contribution is 2.36. The van der Waals surface area contributed by atoms with Gasteiger partial charge in [-0.2, -0.15) is 0 Å². The van der Waals surface area contributed by atoms with Crippen molar-refractivity contribution >= 4 is 29.0 Å². The standard InChI is InChI=1S/C29H24F2N2O/c30-27-19-32(28(20-34)29(27)31)23-15-11-21(12-16-23)22-13-17-26(18-14-22)33(24-7-3-1-4-8-24)25-9-5-2-6-10-25/h1-18,20,27-29H,19H2. The van der Waals surface area contributed by atoms with Gasteiger partial charge in [-0.05, 0) is 59.7 Å². The molecule has 1 aliphatic rings. The summed E-state index contributed by atoms with van der Waals surface area (Å²) in [5.41, 5.74) is 5.82. The molecule has 0 N–H and O–H groups in total. The number of anilines is 4. The van der Waals surface area contributed by atoms with Gasteiger partial charge in [0.15, 0.2) is 12.3 Å². The van der Waals surface area contributed by atoms with E-state index in [1.807, 2.05) is 60.7 Å². The zero-order chi connectivity index (χ0) is 23.5. The predicted octanol–water partition coefficient (Wildman–Crippen LogP) is 6.89. The van der Waals surface area contributed by atoms with Crippen LogP contribution in [0.5, 0.6) is 0 Å². The number of benzene rings is 4. The Balaban J connectivity index is 1.41. The van der Waals surface area contributed by atoms with Crippen molar-refractivity contribution in [1.29, 1.82) is 0 Å². The molecule has 34 heavy (non-hydrogen) atoms. The van der Waals surface area contributed by atoms with Crippen molar-refractivity contribution in [1.82, 2.24) is 0 Å². The fourth-order valence-electron chi connectivity index (χ4n) is 4.47. The van der Waals surface area contributed by atoms with Crippen LogP contribution < -0.4 is 9.80 Å². The molecule has 3 atom stereocenters. The number of hydrogen-bond donors (Lipinski definition) is 0. The van der Waals surface area contributed by atoms with E-state index in [2.05, 4.69) is 53.4 Å². The van der Waals surface area contributed by atoms with Gasteiger partial charge in [-0.1, -0.05) is 60.7 Å². The number of halogens is 2. The SMILES string of the molecule is O=CC1C(F)C(F)CN1c1ccc(-c2ccc(N(c3ccccc3)c3ccccc3)cc2)cc1. The Morgan fingerprint density at radius 2 is 1.15 bits per heavy atom. The third kappa shape index (κ3) is 4.17. The lowest BCUT2D eigenvalue weighted by molar-refractivity contribution is -0.109. The molecule has 4 aromatic rings. The Morgan fingerprint density at radius 1 is 0.676 bits per heavy atom. The largest absolute Gasteiger partial charge is 0.356 e. The maximum absolute atomic E-state index is 14.0. The van der Waals surface area contributed by atoms with E-state index in [1.165, 1.54) is 4.90 Å². The molecule has 1 saturated heterocycles. The highest BCUT2D eigenvalue weighted by Gasteiger charge is 2.42. The van der Waals surface area contributed by atoms with Gasteiger partial charge in [0.25, 0.3) is 0 Å². The molecule has 5 rings (SSSR count). The number of carbonyl (C=O) groups excluding carboxylic acids is 1. The van der Waals surface area contributed by atoms with Crippen LogP contribution in [0.4, 0.5) is 31.5 Å². The fraction of sp³-hybridized carbons (Fsp3) is 0.138. The molecule has 0 spiro atoms. The van der Waals surface area contributed by atoms with Gasteiger partial charge in [0, 0.05) is 22.7 Å². The highest BCUT2D eigenvalue weighted by molar-refractivity contribution is 5.78. The number of rotatable bonds is 6. The second-order valence-corrected chi connectivity index (χ2v) is 8.34. The van der Waals surface area contributed by atoms with Crippen LogP contribution in [-0.2, 0) is 4.79 Å². The zero-order valence-electron chi connectivity index (χ0n) is 18.5. The lowest BCUT2D eigenvalue weighted by Crippen LogP contribution is -2.35. The van der Waals surface area contributed by atoms with Crippen LogP contribution in [0.2, 0.25) is 0 Å². The molecule has 3 unspecified atom stereocenters. The Hall–Kier alpha value is -3.99. The lowest BCUT2D eigenvalue weighted by atomic mass is 10.0. The molecule has 5 heteroatoms. The van der Waals surface area contributed by atoms with Crippen LogP contribution in [0, 0.1) is 0 Å². The van der Waals surface area contributed by atoms with Gasteiger partial charge >= 0.3 is 0 Å². The maximum Gasteiger partial charge on any atom is 0.160 e. The first kappa shape index (κ1) is 21.8. The Morgan fingerprint density at radius 3 is 1.65 bits per heavy atom. The topological polar surface area (TPSA) is 23.6 Å². The minimum Gasteiger partial charge on any atom is -0.356 e. The lowest BCUT2D eigenvalue weighted by Gasteiger charge is -2.25. The number of para-hydroxylation sites is 2. The molecule has 0 aromatic heterocycles. The molecule has 0 saturated carbocycles. The van der Waals surface area contributed by atoms with Crippen molar-refractivity contribution in [3.8, 4) is 11.1 Å². The molecule has 1 fully saturated rings. The molecular weight excluding hydrogens is 430 g/mol. The molecule has 170 valence electrons. The van der Waals surface area contributed by atoms with Crippen LogP contribution in [0.25, 0.3) is 11.1 Å². The molecule has 3 nitrogen and oxygen atoms in total. The quantitative estimate of drug-likeness (QED) is 0.297. The summed E-state index contributed by atoms with van der Waals surface area (Å²) in [5, 5.41) is 0. The minimum atomic E-state index is -1.79. The van der Waals surface area contributed by atoms with Crippen LogP contribution in [0.1, 0.15) is 0 Å². The van der Waals surface area contributed by atoms with E-state index in [-0.39, 0.29) is 6.54 Å². The number of hydrogen-bond acceptors (Lipinski definition) is 3. The minimum absolute atomic E-state index is 0.118. The Bertz CT molecular complexity index is 1190. The average Bonchev–Trinajstić information content (AvgIpc) is 3.19. The second kappa shape index (κ2) is 9.48. The van der Waals surface area contributed by atoms with E-state index >= 15 is 0 Å². The molecule has 1 heterocycles. The third-order valence-corrected chi connectivity index (χ3v) is 6.23. The van der Waals surface area contributed by atoms with Gasteiger partial charge in [-0.3, -0.25) is 0 Å². The predicted molar refractivity (Wildman–Crippen MR) is 134 cm³/mol. The summed E-state index contributed by atoms with van der Waals surface area (Å²) in [7, 11) is 0. The summed E-state index contributed by atoms with van der Waals surface area (Å²) in [6.45, 7) is -0.118. The first-order chi connectivity index (χ1) is 16.7. The van der Waals surface area contributed by atoms with Crippen molar-refractivity contribution < 1.29 is 13.6 Å². The van der Waals surface area contributed by atoms with Gasteiger partial charge in [0.05, 0.1) is 6.54 Å². The van der Waals surface area contributed by atoms with Crippen molar-refractivity contribution in [3.63, 3.8) is 0 Å². The summed E-state index contributed by atoms with van der Waals surface area (Å²) in [6, 6.07) is 35.0. The van der Waals surface area contributed by atoms with E-state index in [0.29, 0.717) is 12.0 Å². The Labute approximate surface area is 197 Å². The smallest absolute Gasteiger partial charge is 0.160 e. The summed E-state index contributed by atoms with van der Waals surface area (Å²) in [4.78, 5) is 15.0. The van der Waals surface area contributed by atoms with Crippen LogP contribution >= 0.6 is 0 Å². The normalized spacial score (nSPS) is 19.7. The molecule has 0 aliphatic carbocycles. The van der Waals surface area contributed by atoms with Gasteiger partial charge in [0.1, 0.15) is 12.3 Å². The van der Waals surface area contributed by atoms with E-state index in [4.69, 9.17) is 0 Å². The molecule has 0 bridgehead atoms. The van der Waals surface area contributed by atoms with E-state index in [1.54, 1.807) is 0 Å².